The third kappa shape index (κ3) is 3.15. The van der Waals surface area contributed by atoms with E-state index in [0.717, 1.165) is 17.4 Å². The summed E-state index contributed by atoms with van der Waals surface area (Å²) < 4.78 is 4.90. The summed E-state index contributed by atoms with van der Waals surface area (Å²) in [5, 5.41) is 8.79. The number of nitriles is 1. The molecular weight excluding hydrogens is 256 g/mol. The highest BCUT2D eigenvalue weighted by Gasteiger charge is 2.07. The predicted octanol–water partition coefficient (Wildman–Crippen LogP) is -0.957. The molecule has 0 spiro atoms. The van der Waals surface area contributed by atoms with E-state index >= 15 is 0 Å². The SMILES string of the molecule is CCOC(=O)/C=c1/s/c(=C(/C#N)C(C)=O)[nH]c1=O. The average Bonchev–Trinajstić information content (AvgIpc) is 2.60. The first-order valence-corrected chi connectivity index (χ1v) is 5.84. The van der Waals surface area contributed by atoms with E-state index < -0.39 is 17.3 Å². The molecule has 18 heavy (non-hydrogen) atoms. The van der Waals surface area contributed by atoms with Gasteiger partial charge in [0.2, 0.25) is 0 Å². The number of esters is 1. The third-order valence-corrected chi connectivity index (χ3v) is 2.92. The largest absolute Gasteiger partial charge is 0.463 e. The van der Waals surface area contributed by atoms with E-state index in [1.54, 1.807) is 13.0 Å². The second-order valence-corrected chi connectivity index (χ2v) is 4.24. The van der Waals surface area contributed by atoms with Gasteiger partial charge in [-0.25, -0.2) is 4.79 Å². The number of hydrogen-bond donors (Lipinski definition) is 1. The molecule has 7 heteroatoms. The molecule has 94 valence electrons. The Morgan fingerprint density at radius 3 is 2.72 bits per heavy atom. The number of hydrogen-bond acceptors (Lipinski definition) is 6. The van der Waals surface area contributed by atoms with Crippen molar-refractivity contribution in [3.05, 3.63) is 19.5 Å². The summed E-state index contributed by atoms with van der Waals surface area (Å²) in [5.74, 6) is -1.09. The van der Waals surface area contributed by atoms with Gasteiger partial charge in [0.15, 0.2) is 5.78 Å². The maximum Gasteiger partial charge on any atom is 0.332 e. The van der Waals surface area contributed by atoms with Crippen LogP contribution in [0.15, 0.2) is 4.79 Å². The average molecular weight is 266 g/mol. The topological polar surface area (TPSA) is 100 Å². The highest BCUT2D eigenvalue weighted by molar-refractivity contribution is 7.07. The van der Waals surface area contributed by atoms with Crippen LogP contribution in [0.4, 0.5) is 0 Å². The minimum absolute atomic E-state index is 0.0949. The van der Waals surface area contributed by atoms with Gasteiger partial charge in [-0.2, -0.15) is 5.26 Å². The van der Waals surface area contributed by atoms with E-state index in [1.165, 1.54) is 6.92 Å². The monoisotopic (exact) mass is 266 g/mol. The van der Waals surface area contributed by atoms with E-state index in [9.17, 15) is 14.4 Å². The van der Waals surface area contributed by atoms with E-state index in [0.29, 0.717) is 0 Å². The zero-order valence-electron chi connectivity index (χ0n) is 9.77. The molecule has 1 rings (SSSR count). The van der Waals surface area contributed by atoms with Crippen LogP contribution in [0, 0.1) is 11.3 Å². The molecular formula is C11H10N2O4S. The summed E-state index contributed by atoms with van der Waals surface area (Å²) in [6.07, 6.45) is 1.03. The van der Waals surface area contributed by atoms with Crippen molar-refractivity contribution in [1.82, 2.24) is 4.98 Å². The van der Waals surface area contributed by atoms with Crippen molar-refractivity contribution in [2.45, 2.75) is 13.8 Å². The third-order valence-electron chi connectivity index (χ3n) is 1.89. The van der Waals surface area contributed by atoms with Gasteiger partial charge < -0.3 is 9.72 Å². The van der Waals surface area contributed by atoms with Crippen molar-refractivity contribution in [3.63, 3.8) is 0 Å². The van der Waals surface area contributed by atoms with Gasteiger partial charge in [0.25, 0.3) is 5.56 Å². The van der Waals surface area contributed by atoms with Gasteiger partial charge in [-0.1, -0.05) is 0 Å². The Kier molecular flexibility index (Phi) is 4.57. The Bertz CT molecular complexity index is 690. The molecule has 0 saturated heterocycles. The molecule has 0 saturated carbocycles. The van der Waals surface area contributed by atoms with Crippen LogP contribution < -0.4 is 14.8 Å². The van der Waals surface area contributed by atoms with Crippen LogP contribution in [0.25, 0.3) is 11.6 Å². The zero-order chi connectivity index (χ0) is 13.7. The van der Waals surface area contributed by atoms with Crippen LogP contribution in [-0.4, -0.2) is 23.3 Å². The summed E-state index contributed by atoms with van der Waals surface area (Å²) in [6, 6.07) is 1.71. The lowest BCUT2D eigenvalue weighted by Gasteiger charge is -1.91. The van der Waals surface area contributed by atoms with Gasteiger partial charge in [0, 0.05) is 6.08 Å². The minimum Gasteiger partial charge on any atom is -0.463 e. The van der Waals surface area contributed by atoms with Gasteiger partial charge in [0.05, 0.1) is 6.61 Å². The fourth-order valence-corrected chi connectivity index (χ4v) is 2.09. The molecule has 0 bridgehead atoms. The van der Waals surface area contributed by atoms with E-state index in [2.05, 4.69) is 9.72 Å². The van der Waals surface area contributed by atoms with Gasteiger partial charge in [-0.15, -0.1) is 11.3 Å². The fraction of sp³-hybridized carbons (Fsp3) is 0.273. The Morgan fingerprint density at radius 2 is 2.22 bits per heavy atom. The molecule has 0 fully saturated rings. The Morgan fingerprint density at radius 1 is 1.56 bits per heavy atom. The number of thiazole rings is 1. The van der Waals surface area contributed by atoms with E-state index in [1.807, 2.05) is 0 Å². The molecule has 0 unspecified atom stereocenters. The Labute approximate surface area is 106 Å². The van der Waals surface area contributed by atoms with Crippen LogP contribution in [0.1, 0.15) is 13.8 Å². The quantitative estimate of drug-likeness (QED) is 0.710. The summed E-state index contributed by atoms with van der Waals surface area (Å²) >= 11 is 0.870. The van der Waals surface area contributed by atoms with Crippen LogP contribution in [0.5, 0.6) is 0 Å². The first-order chi connectivity index (χ1) is 8.49. The molecule has 1 aromatic heterocycles. The maximum atomic E-state index is 11.5. The highest BCUT2D eigenvalue weighted by Crippen LogP contribution is 1.91. The first kappa shape index (κ1) is 13.9. The number of nitrogens with one attached hydrogen (secondary N) is 1. The summed E-state index contributed by atoms with van der Waals surface area (Å²) in [5.41, 5.74) is -0.669. The van der Waals surface area contributed by atoms with Gasteiger partial charge in [-0.05, 0) is 13.8 Å². The molecule has 6 nitrogen and oxygen atoms in total. The number of aromatic nitrogens is 1. The van der Waals surface area contributed by atoms with Crippen molar-refractivity contribution in [3.8, 4) is 6.07 Å². The first-order valence-electron chi connectivity index (χ1n) is 5.02. The number of carbonyl (C=O) groups excluding carboxylic acids is 2. The summed E-state index contributed by atoms with van der Waals surface area (Å²) in [4.78, 5) is 36.2. The smallest absolute Gasteiger partial charge is 0.332 e. The lowest BCUT2D eigenvalue weighted by Crippen LogP contribution is -2.22. The number of Topliss-reactive ketones (excluding diaryl/α,β-unsaturated/α-hetero) is 1. The predicted molar refractivity (Wildman–Crippen MR) is 65.0 cm³/mol. The maximum absolute atomic E-state index is 11.5. The Balaban J connectivity index is 3.44. The van der Waals surface area contributed by atoms with Crippen LogP contribution >= 0.6 is 11.3 Å². The molecule has 0 aliphatic rings. The number of nitrogens with zero attached hydrogens (tertiary/aromatic N) is 1. The van der Waals surface area contributed by atoms with Gasteiger partial charge in [0.1, 0.15) is 20.8 Å². The summed E-state index contributed by atoms with van der Waals surface area (Å²) in [7, 11) is 0. The van der Waals surface area contributed by atoms with E-state index in [-0.39, 0.29) is 21.4 Å². The molecule has 0 radical (unpaired) electrons. The lowest BCUT2D eigenvalue weighted by molar-refractivity contribution is -0.135. The van der Waals surface area contributed by atoms with Gasteiger partial charge in [-0.3, -0.25) is 9.59 Å². The van der Waals surface area contributed by atoms with Crippen molar-refractivity contribution in [2.75, 3.05) is 6.61 Å². The normalized spacial score (nSPS) is 12.8. The second kappa shape index (κ2) is 5.93. The van der Waals surface area contributed by atoms with Crippen molar-refractivity contribution >= 4 is 34.7 Å². The number of ketones is 1. The van der Waals surface area contributed by atoms with Crippen LogP contribution in [-0.2, 0) is 14.3 Å². The summed E-state index contributed by atoms with van der Waals surface area (Å²) in [6.45, 7) is 3.08. The molecule has 1 aromatic rings. The molecule has 1 heterocycles. The van der Waals surface area contributed by atoms with Crippen LogP contribution in [0.3, 0.4) is 0 Å². The molecule has 1 N–H and O–H groups in total. The number of carbonyl (C=O) groups is 2. The number of H-pyrrole nitrogens is 1. The van der Waals surface area contributed by atoms with Crippen molar-refractivity contribution in [1.29, 1.82) is 5.26 Å². The van der Waals surface area contributed by atoms with Crippen molar-refractivity contribution < 1.29 is 14.3 Å². The minimum atomic E-state index is -0.641. The Hall–Kier alpha value is -2.20. The zero-order valence-corrected chi connectivity index (χ0v) is 10.6. The molecule has 0 aliphatic carbocycles. The van der Waals surface area contributed by atoms with Crippen molar-refractivity contribution in [2.24, 2.45) is 0 Å². The highest BCUT2D eigenvalue weighted by atomic mass is 32.1. The number of ether oxygens (including phenoxy) is 1. The number of aromatic amines is 1. The molecule has 0 atom stereocenters. The molecule has 0 aromatic carbocycles. The van der Waals surface area contributed by atoms with E-state index in [4.69, 9.17) is 5.26 Å². The molecule has 0 aliphatic heterocycles. The standard InChI is InChI=1S/C11H10N2O4S/c1-3-17-9(15)4-8-10(16)13-11(18-8)7(5-12)6(2)14/h4H,3H2,1-2H3,(H,13,16)/b8-4+,11-7-. The second-order valence-electron chi connectivity index (χ2n) is 3.19. The molecule has 0 amide bonds. The van der Waals surface area contributed by atoms with Crippen LogP contribution in [0.2, 0.25) is 0 Å². The lowest BCUT2D eigenvalue weighted by atomic mass is 10.2. The fourth-order valence-electron chi connectivity index (χ4n) is 1.14. The van der Waals surface area contributed by atoms with Gasteiger partial charge >= 0.3 is 5.97 Å². The number of rotatable bonds is 3.